The lowest BCUT2D eigenvalue weighted by molar-refractivity contribution is 0.112. The maximum Gasteiger partial charge on any atom is 0.152 e. The molecule has 1 fully saturated rings. The van der Waals surface area contributed by atoms with Crippen LogP contribution in [0.15, 0.2) is 18.2 Å². The Hall–Kier alpha value is -1.02. The Morgan fingerprint density at radius 3 is 2.42 bits per heavy atom. The Morgan fingerprint density at radius 2 is 1.89 bits per heavy atom. The number of benzene rings is 1. The van der Waals surface area contributed by atoms with Gasteiger partial charge < -0.3 is 4.90 Å². The fourth-order valence-corrected chi connectivity index (χ4v) is 3.27. The van der Waals surface area contributed by atoms with Gasteiger partial charge in [0.15, 0.2) is 6.29 Å². The van der Waals surface area contributed by atoms with Crippen LogP contribution in [0.5, 0.6) is 0 Å². The van der Waals surface area contributed by atoms with E-state index in [-0.39, 0.29) is 0 Å². The second kappa shape index (κ2) is 5.96. The lowest BCUT2D eigenvalue weighted by Gasteiger charge is -2.42. The van der Waals surface area contributed by atoms with Gasteiger partial charge in [-0.25, -0.2) is 0 Å². The average Bonchev–Trinajstić information content (AvgIpc) is 2.47. The minimum atomic E-state index is 0.504. The molecule has 0 saturated carbocycles. The summed E-state index contributed by atoms with van der Waals surface area (Å²) in [6.45, 7) is 6.64. The van der Waals surface area contributed by atoms with Crippen molar-refractivity contribution in [3.63, 3.8) is 0 Å². The summed E-state index contributed by atoms with van der Waals surface area (Å²) in [7, 11) is 0. The zero-order valence-electron chi connectivity index (χ0n) is 11.8. The number of nitrogens with zero attached hydrogens (tertiary/aromatic N) is 1. The molecule has 0 atom stereocenters. The standard InChI is InChI=1S/C16H22ClNO/c1-3-16(4-2)7-9-18(10-8-16)15-6-5-14(17)11-13(15)12-19/h5-6,11-12H,3-4,7-10H2,1-2H3. The van der Waals surface area contributed by atoms with Crippen LogP contribution in [0.25, 0.3) is 0 Å². The number of aldehydes is 1. The molecule has 1 aliphatic heterocycles. The third kappa shape index (κ3) is 2.94. The first-order valence-corrected chi connectivity index (χ1v) is 7.51. The number of rotatable bonds is 4. The molecule has 0 unspecified atom stereocenters. The second-order valence-corrected chi connectivity index (χ2v) is 5.95. The minimum Gasteiger partial charge on any atom is -0.371 e. The van der Waals surface area contributed by atoms with Crippen molar-refractivity contribution in [3.8, 4) is 0 Å². The summed E-state index contributed by atoms with van der Waals surface area (Å²) in [6, 6.07) is 5.59. The van der Waals surface area contributed by atoms with E-state index in [0.717, 1.165) is 25.1 Å². The molecule has 1 aromatic rings. The molecule has 3 heteroatoms. The molecule has 0 aromatic heterocycles. The fraction of sp³-hybridized carbons (Fsp3) is 0.562. The van der Waals surface area contributed by atoms with Gasteiger partial charge in [0.05, 0.1) is 0 Å². The summed E-state index contributed by atoms with van der Waals surface area (Å²) in [5.74, 6) is 0. The van der Waals surface area contributed by atoms with Gasteiger partial charge in [0.25, 0.3) is 0 Å². The highest BCUT2D eigenvalue weighted by Gasteiger charge is 2.31. The second-order valence-electron chi connectivity index (χ2n) is 5.52. The van der Waals surface area contributed by atoms with Crippen LogP contribution in [0.4, 0.5) is 5.69 Å². The Bertz CT molecular complexity index is 444. The lowest BCUT2D eigenvalue weighted by Crippen LogP contribution is -2.40. The summed E-state index contributed by atoms with van der Waals surface area (Å²) >= 11 is 5.95. The zero-order valence-corrected chi connectivity index (χ0v) is 12.5. The molecule has 0 spiro atoms. The first kappa shape index (κ1) is 14.4. The molecule has 19 heavy (non-hydrogen) atoms. The van der Waals surface area contributed by atoms with Crippen LogP contribution in [-0.2, 0) is 0 Å². The van der Waals surface area contributed by atoms with E-state index in [0.29, 0.717) is 16.0 Å². The monoisotopic (exact) mass is 279 g/mol. The maximum absolute atomic E-state index is 11.2. The van der Waals surface area contributed by atoms with Crippen LogP contribution in [0, 0.1) is 5.41 Å². The van der Waals surface area contributed by atoms with Crippen molar-refractivity contribution >= 4 is 23.6 Å². The van der Waals surface area contributed by atoms with Crippen molar-refractivity contribution in [1.82, 2.24) is 0 Å². The van der Waals surface area contributed by atoms with Crippen LogP contribution >= 0.6 is 11.6 Å². The molecular weight excluding hydrogens is 258 g/mol. The maximum atomic E-state index is 11.2. The summed E-state index contributed by atoms with van der Waals surface area (Å²) in [6.07, 6.45) is 5.82. The van der Waals surface area contributed by atoms with Crippen molar-refractivity contribution in [1.29, 1.82) is 0 Å². The van der Waals surface area contributed by atoms with Crippen molar-refractivity contribution < 1.29 is 4.79 Å². The van der Waals surface area contributed by atoms with Crippen LogP contribution in [0.3, 0.4) is 0 Å². The predicted octanol–water partition coefficient (Wildman–Crippen LogP) is 4.56. The number of piperidine rings is 1. The number of halogens is 1. The van der Waals surface area contributed by atoms with Gasteiger partial charge in [-0.1, -0.05) is 38.3 Å². The van der Waals surface area contributed by atoms with E-state index in [2.05, 4.69) is 18.7 Å². The zero-order chi connectivity index (χ0) is 13.9. The van der Waals surface area contributed by atoms with E-state index >= 15 is 0 Å². The summed E-state index contributed by atoms with van der Waals surface area (Å²) in [4.78, 5) is 13.5. The first-order valence-electron chi connectivity index (χ1n) is 7.14. The van der Waals surface area contributed by atoms with Crippen LogP contribution < -0.4 is 4.90 Å². The van der Waals surface area contributed by atoms with Crippen LogP contribution in [0.2, 0.25) is 5.02 Å². The van der Waals surface area contributed by atoms with Gasteiger partial charge >= 0.3 is 0 Å². The normalized spacial score (nSPS) is 18.4. The van der Waals surface area contributed by atoms with Crippen molar-refractivity contribution in [3.05, 3.63) is 28.8 Å². The molecule has 0 N–H and O–H groups in total. The van der Waals surface area contributed by atoms with Gasteiger partial charge in [-0.15, -0.1) is 0 Å². The van der Waals surface area contributed by atoms with E-state index in [1.807, 2.05) is 12.1 Å². The number of hydrogen-bond acceptors (Lipinski definition) is 2. The number of carbonyl (C=O) groups is 1. The molecule has 2 nitrogen and oxygen atoms in total. The van der Waals surface area contributed by atoms with E-state index in [1.165, 1.54) is 25.7 Å². The van der Waals surface area contributed by atoms with E-state index in [9.17, 15) is 4.79 Å². The molecule has 0 amide bonds. The summed E-state index contributed by atoms with van der Waals surface area (Å²) in [5.41, 5.74) is 2.23. The highest BCUT2D eigenvalue weighted by atomic mass is 35.5. The summed E-state index contributed by atoms with van der Waals surface area (Å²) < 4.78 is 0. The first-order chi connectivity index (χ1) is 9.14. The number of anilines is 1. The van der Waals surface area contributed by atoms with E-state index < -0.39 is 0 Å². The number of hydrogen-bond donors (Lipinski definition) is 0. The Balaban J connectivity index is 2.16. The highest BCUT2D eigenvalue weighted by Crippen LogP contribution is 2.39. The highest BCUT2D eigenvalue weighted by molar-refractivity contribution is 6.31. The molecule has 1 aliphatic rings. The smallest absolute Gasteiger partial charge is 0.152 e. The predicted molar refractivity (Wildman–Crippen MR) is 81.3 cm³/mol. The third-order valence-corrected chi connectivity index (χ3v) is 5.02. The topological polar surface area (TPSA) is 20.3 Å². The largest absolute Gasteiger partial charge is 0.371 e. The van der Waals surface area contributed by atoms with Gasteiger partial charge in [-0.2, -0.15) is 0 Å². The number of carbonyl (C=O) groups excluding carboxylic acids is 1. The third-order valence-electron chi connectivity index (χ3n) is 4.78. The Kier molecular flexibility index (Phi) is 4.51. The van der Waals surface area contributed by atoms with Crippen molar-refractivity contribution in [2.45, 2.75) is 39.5 Å². The molecule has 1 aromatic carbocycles. The molecule has 0 aliphatic carbocycles. The molecule has 0 bridgehead atoms. The quantitative estimate of drug-likeness (QED) is 0.753. The van der Waals surface area contributed by atoms with Crippen molar-refractivity contribution in [2.75, 3.05) is 18.0 Å². The lowest BCUT2D eigenvalue weighted by atomic mass is 9.74. The van der Waals surface area contributed by atoms with Gasteiger partial charge in [0.2, 0.25) is 0 Å². The molecule has 104 valence electrons. The van der Waals surface area contributed by atoms with Gasteiger partial charge in [0, 0.05) is 29.4 Å². The molecule has 2 rings (SSSR count). The van der Waals surface area contributed by atoms with Crippen LogP contribution in [-0.4, -0.2) is 19.4 Å². The SMILES string of the molecule is CCC1(CC)CCN(c2ccc(Cl)cc2C=O)CC1. The molecule has 0 radical (unpaired) electrons. The van der Waals surface area contributed by atoms with Gasteiger partial charge in [-0.3, -0.25) is 4.79 Å². The van der Waals surface area contributed by atoms with Crippen molar-refractivity contribution in [2.24, 2.45) is 5.41 Å². The van der Waals surface area contributed by atoms with E-state index in [1.54, 1.807) is 6.07 Å². The Labute approximate surface area is 120 Å². The molecule has 1 heterocycles. The molecule has 1 saturated heterocycles. The minimum absolute atomic E-state index is 0.504. The van der Waals surface area contributed by atoms with Crippen LogP contribution in [0.1, 0.15) is 49.9 Å². The average molecular weight is 280 g/mol. The molecular formula is C16H22ClNO. The summed E-state index contributed by atoms with van der Waals surface area (Å²) in [5, 5.41) is 0.624. The fourth-order valence-electron chi connectivity index (χ4n) is 3.09. The Morgan fingerprint density at radius 1 is 1.26 bits per heavy atom. The van der Waals surface area contributed by atoms with Gasteiger partial charge in [-0.05, 0) is 36.5 Å². The van der Waals surface area contributed by atoms with E-state index in [4.69, 9.17) is 11.6 Å². The van der Waals surface area contributed by atoms with Gasteiger partial charge in [0.1, 0.15) is 0 Å².